The van der Waals surface area contributed by atoms with E-state index < -0.39 is 21.7 Å². The first-order valence-corrected chi connectivity index (χ1v) is 11.4. The van der Waals surface area contributed by atoms with Crippen molar-refractivity contribution in [3.05, 3.63) is 47.8 Å². The van der Waals surface area contributed by atoms with Gasteiger partial charge in [0.1, 0.15) is 5.03 Å². The molecular formula is C19H21N3O4S2. The zero-order valence-electron chi connectivity index (χ0n) is 16.0. The van der Waals surface area contributed by atoms with Crippen molar-refractivity contribution in [1.82, 2.24) is 14.6 Å². The molecule has 1 aromatic carbocycles. The highest BCUT2D eigenvalue weighted by molar-refractivity contribution is 7.99. The number of carbonyl (C=O) groups excluding carboxylic acids is 1. The molecule has 0 fully saturated rings. The number of thioether (sulfide) groups is 1. The van der Waals surface area contributed by atoms with Crippen LogP contribution in [0.2, 0.25) is 0 Å². The number of rotatable bonds is 6. The lowest BCUT2D eigenvalue weighted by Gasteiger charge is -2.13. The summed E-state index contributed by atoms with van der Waals surface area (Å²) in [6.45, 7) is 5.46. The zero-order valence-corrected chi connectivity index (χ0v) is 17.7. The van der Waals surface area contributed by atoms with Crippen LogP contribution in [0.1, 0.15) is 31.2 Å². The molecule has 0 N–H and O–H groups in total. The zero-order chi connectivity index (χ0) is 20.5. The van der Waals surface area contributed by atoms with Gasteiger partial charge in [0.05, 0.1) is 23.1 Å². The van der Waals surface area contributed by atoms with Crippen molar-refractivity contribution in [2.75, 3.05) is 12.9 Å². The minimum Gasteiger partial charge on any atom is -0.465 e. The van der Waals surface area contributed by atoms with E-state index in [2.05, 4.69) is 10.1 Å². The fraction of sp³-hybridized carbons (Fsp3) is 0.316. The van der Waals surface area contributed by atoms with Gasteiger partial charge in [-0.05, 0) is 45.2 Å². The molecule has 9 heteroatoms. The molecule has 0 aliphatic carbocycles. The molecule has 148 valence electrons. The van der Waals surface area contributed by atoms with Gasteiger partial charge in [-0.25, -0.2) is 17.9 Å². The molecule has 2 heterocycles. The van der Waals surface area contributed by atoms with Crippen LogP contribution in [0.4, 0.5) is 0 Å². The highest BCUT2D eigenvalue weighted by Gasteiger charge is 2.31. The molecule has 0 aliphatic heterocycles. The number of ether oxygens (including phenoxy) is 1. The van der Waals surface area contributed by atoms with E-state index in [0.717, 1.165) is 0 Å². The summed E-state index contributed by atoms with van der Waals surface area (Å²) in [5.74, 6) is -1.02. The van der Waals surface area contributed by atoms with E-state index in [9.17, 15) is 13.2 Å². The maximum absolute atomic E-state index is 13.3. The average molecular weight is 420 g/mol. The number of fused-ring (bicyclic) bond motifs is 1. The first kappa shape index (κ1) is 20.3. The van der Waals surface area contributed by atoms with Gasteiger partial charge in [0.15, 0.2) is 10.5 Å². The van der Waals surface area contributed by atoms with E-state index in [1.807, 2.05) is 0 Å². The molecule has 0 spiro atoms. The Balaban J connectivity index is 2.30. The SMILES string of the molecule is CCOC(=O)C(C)c1cc(C)nc2c(S(=O)(=O)c3ccccc3)c(SC)nn12. The number of esters is 1. The van der Waals surface area contributed by atoms with Crippen LogP contribution in [0.3, 0.4) is 0 Å². The third-order valence-electron chi connectivity index (χ3n) is 4.27. The van der Waals surface area contributed by atoms with Crippen molar-refractivity contribution in [1.29, 1.82) is 0 Å². The highest BCUT2D eigenvalue weighted by Crippen LogP contribution is 2.33. The van der Waals surface area contributed by atoms with E-state index in [-0.39, 0.29) is 22.0 Å². The predicted molar refractivity (Wildman–Crippen MR) is 106 cm³/mol. The second kappa shape index (κ2) is 7.92. The number of aryl methyl sites for hydroxylation is 1. The number of hydrogen-bond donors (Lipinski definition) is 0. The Morgan fingerprint density at radius 1 is 1.29 bits per heavy atom. The maximum Gasteiger partial charge on any atom is 0.314 e. The van der Waals surface area contributed by atoms with Gasteiger partial charge < -0.3 is 4.74 Å². The molecule has 0 saturated heterocycles. The van der Waals surface area contributed by atoms with Crippen LogP contribution in [-0.2, 0) is 19.4 Å². The third kappa shape index (κ3) is 3.51. The second-order valence-corrected chi connectivity index (χ2v) is 8.87. The Labute approximate surface area is 168 Å². The summed E-state index contributed by atoms with van der Waals surface area (Å²) in [4.78, 5) is 16.9. The minimum atomic E-state index is -3.84. The van der Waals surface area contributed by atoms with Crippen molar-refractivity contribution in [2.45, 2.75) is 41.5 Å². The molecule has 0 aliphatic rings. The first-order valence-electron chi connectivity index (χ1n) is 8.72. The van der Waals surface area contributed by atoms with E-state index in [4.69, 9.17) is 4.74 Å². The van der Waals surface area contributed by atoms with Crippen molar-refractivity contribution in [2.24, 2.45) is 0 Å². The largest absolute Gasteiger partial charge is 0.465 e. The summed E-state index contributed by atoms with van der Waals surface area (Å²) in [5, 5.41) is 4.79. The van der Waals surface area contributed by atoms with Gasteiger partial charge in [0.2, 0.25) is 9.84 Å². The number of benzene rings is 1. The fourth-order valence-corrected chi connectivity index (χ4v) is 5.32. The Bertz CT molecular complexity index is 1130. The topological polar surface area (TPSA) is 90.6 Å². The second-order valence-electron chi connectivity index (χ2n) is 6.19. The van der Waals surface area contributed by atoms with Crippen LogP contribution in [0, 0.1) is 6.92 Å². The van der Waals surface area contributed by atoms with E-state index in [1.165, 1.54) is 16.3 Å². The van der Waals surface area contributed by atoms with Crippen molar-refractivity contribution in [3.63, 3.8) is 0 Å². The molecule has 1 unspecified atom stereocenters. The monoisotopic (exact) mass is 419 g/mol. The molecule has 0 bridgehead atoms. The summed E-state index contributed by atoms with van der Waals surface area (Å²) in [6.07, 6.45) is 1.76. The molecule has 0 radical (unpaired) electrons. The molecule has 3 rings (SSSR count). The predicted octanol–water partition coefficient (Wildman–Crippen LogP) is 3.26. The smallest absolute Gasteiger partial charge is 0.314 e. The van der Waals surface area contributed by atoms with Crippen LogP contribution in [0.25, 0.3) is 5.65 Å². The van der Waals surface area contributed by atoms with Crippen LogP contribution in [0.5, 0.6) is 0 Å². The Morgan fingerprint density at radius 2 is 1.96 bits per heavy atom. The molecular weight excluding hydrogens is 398 g/mol. The quantitative estimate of drug-likeness (QED) is 0.447. The summed E-state index contributed by atoms with van der Waals surface area (Å²) >= 11 is 1.22. The first-order chi connectivity index (χ1) is 13.3. The third-order valence-corrected chi connectivity index (χ3v) is 6.88. The van der Waals surface area contributed by atoms with Gasteiger partial charge in [-0.15, -0.1) is 11.8 Å². The van der Waals surface area contributed by atoms with Gasteiger partial charge in [0, 0.05) is 5.69 Å². The molecule has 0 amide bonds. The number of sulfone groups is 1. The van der Waals surface area contributed by atoms with Crippen molar-refractivity contribution >= 4 is 33.2 Å². The van der Waals surface area contributed by atoms with Crippen molar-refractivity contribution < 1.29 is 17.9 Å². The lowest BCUT2D eigenvalue weighted by atomic mass is 10.1. The summed E-state index contributed by atoms with van der Waals surface area (Å²) in [5.41, 5.74) is 1.33. The van der Waals surface area contributed by atoms with Gasteiger partial charge in [-0.2, -0.15) is 5.10 Å². The summed E-state index contributed by atoms with van der Waals surface area (Å²) in [7, 11) is -3.84. The lowest BCUT2D eigenvalue weighted by Crippen LogP contribution is -2.17. The van der Waals surface area contributed by atoms with Crippen LogP contribution >= 0.6 is 11.8 Å². The summed E-state index contributed by atoms with van der Waals surface area (Å²) in [6, 6.07) is 9.91. The fourth-order valence-electron chi connectivity index (χ4n) is 2.91. The van der Waals surface area contributed by atoms with Gasteiger partial charge >= 0.3 is 5.97 Å². The maximum atomic E-state index is 13.3. The Morgan fingerprint density at radius 3 is 2.57 bits per heavy atom. The number of hydrogen-bond acceptors (Lipinski definition) is 7. The van der Waals surface area contributed by atoms with E-state index in [0.29, 0.717) is 16.4 Å². The standard InChI is InChI=1S/C19H21N3O4S2/c1-5-26-19(23)13(3)15-11-12(2)20-17-16(18(27-4)21-22(15)17)28(24,25)14-9-7-6-8-10-14/h6-11,13H,5H2,1-4H3. The minimum absolute atomic E-state index is 0.0483. The lowest BCUT2D eigenvalue weighted by molar-refractivity contribution is -0.144. The van der Waals surface area contributed by atoms with Crippen molar-refractivity contribution in [3.8, 4) is 0 Å². The molecule has 2 aromatic heterocycles. The molecule has 28 heavy (non-hydrogen) atoms. The Kier molecular flexibility index (Phi) is 5.76. The average Bonchev–Trinajstić information content (AvgIpc) is 3.06. The molecule has 0 saturated carbocycles. The molecule has 1 atom stereocenters. The number of nitrogens with zero attached hydrogens (tertiary/aromatic N) is 3. The summed E-state index contributed by atoms with van der Waals surface area (Å²) < 4.78 is 33.2. The van der Waals surface area contributed by atoms with Crippen LogP contribution < -0.4 is 0 Å². The van der Waals surface area contributed by atoms with E-state index in [1.54, 1.807) is 63.4 Å². The molecule has 3 aromatic rings. The highest BCUT2D eigenvalue weighted by atomic mass is 32.2. The van der Waals surface area contributed by atoms with Gasteiger partial charge in [-0.3, -0.25) is 4.79 Å². The Hall–Kier alpha value is -2.39. The van der Waals surface area contributed by atoms with E-state index >= 15 is 0 Å². The van der Waals surface area contributed by atoms with Crippen LogP contribution in [0.15, 0.2) is 51.2 Å². The number of carbonyl (C=O) groups is 1. The van der Waals surface area contributed by atoms with Gasteiger partial charge in [-0.1, -0.05) is 18.2 Å². The van der Waals surface area contributed by atoms with Gasteiger partial charge in [0.25, 0.3) is 0 Å². The normalized spacial score (nSPS) is 12.9. The molecule has 7 nitrogen and oxygen atoms in total. The number of aromatic nitrogens is 3. The van der Waals surface area contributed by atoms with Crippen LogP contribution in [-0.4, -0.2) is 41.8 Å².